The standard InChI is InChI=1S/C18H31ClNO6PS/c1-6-24-12-14(2)13-26-27(28,23-5)20-9-10-25-15-7-8-16(17(19)11-15)18(21-3)22-4/h7-8,11,14,18H,6,9-10,12-13H2,1-5H3,(H,20,28). The number of nitrogens with one attached hydrogen (secondary N) is 1. The Balaban J connectivity index is 2.45. The molecule has 1 aromatic carbocycles. The molecule has 0 aromatic heterocycles. The van der Waals surface area contributed by atoms with Crippen LogP contribution in [0, 0.1) is 5.92 Å². The lowest BCUT2D eigenvalue weighted by atomic mass is 10.2. The Morgan fingerprint density at radius 3 is 2.46 bits per heavy atom. The fraction of sp³-hybridized carbons (Fsp3) is 0.667. The van der Waals surface area contributed by atoms with Gasteiger partial charge >= 0.3 is 0 Å². The number of benzene rings is 1. The fourth-order valence-electron chi connectivity index (χ4n) is 2.25. The first-order valence-corrected chi connectivity index (χ1v) is 12.0. The molecule has 0 saturated carbocycles. The maximum absolute atomic E-state index is 6.28. The van der Waals surface area contributed by atoms with Gasteiger partial charge in [0.05, 0.1) is 18.2 Å². The van der Waals surface area contributed by atoms with Crippen LogP contribution < -0.4 is 9.82 Å². The van der Waals surface area contributed by atoms with Crippen molar-refractivity contribution < 1.29 is 28.0 Å². The van der Waals surface area contributed by atoms with Gasteiger partial charge in [-0.3, -0.25) is 0 Å². The first kappa shape index (κ1) is 25.8. The summed E-state index contributed by atoms with van der Waals surface area (Å²) < 4.78 is 32.7. The summed E-state index contributed by atoms with van der Waals surface area (Å²) >= 11 is 11.7. The van der Waals surface area contributed by atoms with Crippen LogP contribution in [0.1, 0.15) is 25.7 Å². The van der Waals surface area contributed by atoms with Gasteiger partial charge in [-0.1, -0.05) is 18.5 Å². The molecule has 1 rings (SSSR count). The molecule has 10 heteroatoms. The first-order valence-electron chi connectivity index (χ1n) is 9.00. The Hall–Kier alpha value is -0.280. The molecule has 162 valence electrons. The SMILES string of the molecule is CCOCC(C)COP(=S)(NCCOc1ccc(C(OC)OC)c(Cl)c1)OC. The molecule has 0 aliphatic rings. The molecule has 2 unspecified atom stereocenters. The summed E-state index contributed by atoms with van der Waals surface area (Å²) in [5, 5.41) is 3.64. The molecule has 0 aliphatic carbocycles. The van der Waals surface area contributed by atoms with Gasteiger partial charge in [-0.15, -0.1) is 0 Å². The van der Waals surface area contributed by atoms with Crippen LogP contribution in [-0.4, -0.2) is 54.3 Å². The predicted molar refractivity (Wildman–Crippen MR) is 115 cm³/mol. The zero-order valence-corrected chi connectivity index (χ0v) is 19.6. The van der Waals surface area contributed by atoms with Gasteiger partial charge in [-0.05, 0) is 36.9 Å². The number of rotatable bonds is 15. The zero-order valence-electron chi connectivity index (χ0n) is 17.1. The van der Waals surface area contributed by atoms with Crippen molar-refractivity contribution in [1.82, 2.24) is 5.09 Å². The van der Waals surface area contributed by atoms with Crippen molar-refractivity contribution in [3.63, 3.8) is 0 Å². The normalized spacial score (nSPS) is 14.8. The van der Waals surface area contributed by atoms with Crippen LogP contribution in [0.5, 0.6) is 5.75 Å². The van der Waals surface area contributed by atoms with Gasteiger partial charge in [0, 0.05) is 46.0 Å². The minimum atomic E-state index is -2.56. The van der Waals surface area contributed by atoms with E-state index < -0.39 is 12.9 Å². The summed E-state index contributed by atoms with van der Waals surface area (Å²) in [5.41, 5.74) is 0.738. The summed E-state index contributed by atoms with van der Waals surface area (Å²) in [7, 11) is 4.66. The molecular weight excluding hydrogens is 425 g/mol. The molecule has 0 fully saturated rings. The van der Waals surface area contributed by atoms with Crippen LogP contribution in [0.4, 0.5) is 0 Å². The van der Waals surface area contributed by atoms with Crippen molar-refractivity contribution in [3.05, 3.63) is 28.8 Å². The van der Waals surface area contributed by atoms with E-state index in [9.17, 15) is 0 Å². The molecule has 0 aliphatic heterocycles. The molecule has 0 amide bonds. The second kappa shape index (κ2) is 13.9. The minimum Gasteiger partial charge on any atom is -0.492 e. The number of hydrogen-bond donors (Lipinski definition) is 1. The van der Waals surface area contributed by atoms with E-state index in [1.165, 1.54) is 0 Å². The zero-order chi connectivity index (χ0) is 21.0. The van der Waals surface area contributed by atoms with Crippen molar-refractivity contribution >= 4 is 30.1 Å². The van der Waals surface area contributed by atoms with Crippen molar-refractivity contribution in [2.45, 2.75) is 20.1 Å². The smallest absolute Gasteiger partial charge is 0.261 e. The van der Waals surface area contributed by atoms with Gasteiger partial charge in [0.15, 0.2) is 6.29 Å². The summed E-state index contributed by atoms with van der Waals surface area (Å²) in [6.45, 7) is 4.08. The van der Waals surface area contributed by atoms with Crippen molar-refractivity contribution in [2.24, 2.45) is 5.92 Å². The Morgan fingerprint density at radius 1 is 1.18 bits per heavy atom. The van der Waals surface area contributed by atoms with Crippen LogP contribution in [0.2, 0.25) is 5.02 Å². The van der Waals surface area contributed by atoms with E-state index in [2.05, 4.69) is 5.09 Å². The van der Waals surface area contributed by atoms with Crippen molar-refractivity contribution in [2.75, 3.05) is 54.3 Å². The maximum atomic E-state index is 6.28. The van der Waals surface area contributed by atoms with E-state index in [1.54, 1.807) is 27.4 Å². The molecule has 0 heterocycles. The van der Waals surface area contributed by atoms with E-state index in [-0.39, 0.29) is 5.92 Å². The average Bonchev–Trinajstić information content (AvgIpc) is 2.70. The van der Waals surface area contributed by atoms with E-state index in [4.69, 9.17) is 51.4 Å². The third-order valence-electron chi connectivity index (χ3n) is 3.71. The summed E-state index contributed by atoms with van der Waals surface area (Å²) in [6.07, 6.45) is -0.516. The second-order valence-corrected chi connectivity index (χ2v) is 9.77. The number of methoxy groups -OCH3 is 2. The summed E-state index contributed by atoms with van der Waals surface area (Å²) in [6, 6.07) is 5.34. The molecule has 1 aromatic rings. The fourth-order valence-corrected chi connectivity index (χ4v) is 4.10. The molecule has 7 nitrogen and oxygen atoms in total. The van der Waals surface area contributed by atoms with E-state index in [0.29, 0.717) is 43.7 Å². The number of ether oxygens (including phenoxy) is 4. The lowest BCUT2D eigenvalue weighted by Crippen LogP contribution is -2.22. The largest absolute Gasteiger partial charge is 0.492 e. The van der Waals surface area contributed by atoms with Gasteiger partial charge in [0.25, 0.3) is 6.64 Å². The quantitative estimate of drug-likeness (QED) is 0.240. The highest BCUT2D eigenvalue weighted by molar-refractivity contribution is 8.08. The number of hydrogen-bond acceptors (Lipinski definition) is 7. The van der Waals surface area contributed by atoms with Crippen LogP contribution in [0.25, 0.3) is 0 Å². The molecule has 2 atom stereocenters. The Bertz CT molecular complexity index is 620. The molecule has 0 bridgehead atoms. The third-order valence-corrected chi connectivity index (χ3v) is 6.76. The molecule has 1 N–H and O–H groups in total. The molecular formula is C18H31ClNO6PS. The monoisotopic (exact) mass is 455 g/mol. The Kier molecular flexibility index (Phi) is 12.7. The van der Waals surface area contributed by atoms with Crippen LogP contribution in [-0.2, 0) is 35.1 Å². The first-order chi connectivity index (χ1) is 13.4. The van der Waals surface area contributed by atoms with Gasteiger partial charge in [-0.25, -0.2) is 5.09 Å². The van der Waals surface area contributed by atoms with Crippen LogP contribution in [0.15, 0.2) is 18.2 Å². The molecule has 0 saturated heterocycles. The Labute approximate surface area is 178 Å². The lowest BCUT2D eigenvalue weighted by molar-refractivity contribution is -0.105. The number of halogens is 1. The van der Waals surface area contributed by atoms with Crippen molar-refractivity contribution in [3.8, 4) is 5.75 Å². The van der Waals surface area contributed by atoms with E-state index in [1.807, 2.05) is 26.0 Å². The van der Waals surface area contributed by atoms with Crippen LogP contribution >= 0.6 is 18.2 Å². The lowest BCUT2D eigenvalue weighted by Gasteiger charge is -2.23. The van der Waals surface area contributed by atoms with Gasteiger partial charge in [0.2, 0.25) is 0 Å². The predicted octanol–water partition coefficient (Wildman–Crippen LogP) is 4.16. The summed E-state index contributed by atoms with van der Waals surface area (Å²) in [4.78, 5) is 0. The molecule has 0 spiro atoms. The van der Waals surface area contributed by atoms with Gasteiger partial charge in [-0.2, -0.15) is 0 Å². The maximum Gasteiger partial charge on any atom is 0.261 e. The van der Waals surface area contributed by atoms with Crippen LogP contribution in [0.3, 0.4) is 0 Å². The van der Waals surface area contributed by atoms with E-state index >= 15 is 0 Å². The highest BCUT2D eigenvalue weighted by atomic mass is 35.5. The topological polar surface area (TPSA) is 67.4 Å². The minimum absolute atomic E-state index is 0.235. The average molecular weight is 456 g/mol. The van der Waals surface area contributed by atoms with Gasteiger partial charge in [0.1, 0.15) is 12.4 Å². The van der Waals surface area contributed by atoms with E-state index in [0.717, 1.165) is 5.56 Å². The Morgan fingerprint density at radius 2 is 1.89 bits per heavy atom. The molecule has 28 heavy (non-hydrogen) atoms. The molecule has 0 radical (unpaired) electrons. The summed E-state index contributed by atoms with van der Waals surface area (Å²) in [5.74, 6) is 0.873. The highest BCUT2D eigenvalue weighted by Gasteiger charge is 2.18. The second-order valence-electron chi connectivity index (χ2n) is 5.98. The highest BCUT2D eigenvalue weighted by Crippen LogP contribution is 2.43. The third kappa shape index (κ3) is 9.03. The van der Waals surface area contributed by atoms with Gasteiger partial charge < -0.3 is 28.0 Å². The van der Waals surface area contributed by atoms with Crippen molar-refractivity contribution in [1.29, 1.82) is 0 Å².